The van der Waals surface area contributed by atoms with Crippen LogP contribution < -0.4 is 10.6 Å². The molecule has 2 rings (SSSR count). The van der Waals surface area contributed by atoms with Gasteiger partial charge in [0.2, 0.25) is 5.91 Å². The Kier molecular flexibility index (Phi) is 5.83. The highest BCUT2D eigenvalue weighted by Gasteiger charge is 2.36. The Hall–Kier alpha value is -1.06. The largest absolute Gasteiger partial charge is 0.326 e. The SMILES string of the molecule is CNCc1cccc(NC(=O)C2(C)CCCC2)c1.Cl. The second-order valence-corrected chi connectivity index (χ2v) is 5.45. The summed E-state index contributed by atoms with van der Waals surface area (Å²) in [6, 6.07) is 8.03. The normalized spacial score (nSPS) is 16.7. The highest BCUT2D eigenvalue weighted by molar-refractivity contribution is 5.95. The van der Waals surface area contributed by atoms with E-state index in [4.69, 9.17) is 0 Å². The van der Waals surface area contributed by atoms with E-state index in [1.54, 1.807) is 0 Å². The molecular weight excluding hydrogens is 260 g/mol. The van der Waals surface area contributed by atoms with Crippen molar-refractivity contribution in [2.24, 2.45) is 5.41 Å². The molecule has 4 heteroatoms. The lowest BCUT2D eigenvalue weighted by molar-refractivity contribution is -0.124. The zero-order chi connectivity index (χ0) is 13.0. The molecule has 19 heavy (non-hydrogen) atoms. The van der Waals surface area contributed by atoms with Crippen LogP contribution in [0.1, 0.15) is 38.2 Å². The fourth-order valence-corrected chi connectivity index (χ4v) is 2.63. The van der Waals surface area contributed by atoms with Crippen LogP contribution in [0.2, 0.25) is 0 Å². The van der Waals surface area contributed by atoms with Crippen molar-refractivity contribution in [1.82, 2.24) is 5.32 Å². The Morgan fingerprint density at radius 3 is 2.63 bits per heavy atom. The molecule has 0 atom stereocenters. The molecule has 0 heterocycles. The fraction of sp³-hybridized carbons (Fsp3) is 0.533. The Labute approximate surface area is 121 Å². The molecule has 106 valence electrons. The van der Waals surface area contributed by atoms with Crippen molar-refractivity contribution in [3.8, 4) is 0 Å². The molecule has 1 amide bonds. The van der Waals surface area contributed by atoms with Gasteiger partial charge in [-0.25, -0.2) is 0 Å². The van der Waals surface area contributed by atoms with Crippen molar-refractivity contribution in [3.63, 3.8) is 0 Å². The van der Waals surface area contributed by atoms with E-state index in [2.05, 4.69) is 23.6 Å². The van der Waals surface area contributed by atoms with E-state index in [1.165, 1.54) is 18.4 Å². The molecule has 0 spiro atoms. The van der Waals surface area contributed by atoms with Gasteiger partial charge in [0, 0.05) is 17.6 Å². The van der Waals surface area contributed by atoms with Crippen molar-refractivity contribution in [3.05, 3.63) is 29.8 Å². The summed E-state index contributed by atoms with van der Waals surface area (Å²) in [5.41, 5.74) is 1.92. The van der Waals surface area contributed by atoms with E-state index >= 15 is 0 Å². The van der Waals surface area contributed by atoms with Gasteiger partial charge in [0.25, 0.3) is 0 Å². The smallest absolute Gasteiger partial charge is 0.230 e. The van der Waals surface area contributed by atoms with Gasteiger partial charge in [-0.15, -0.1) is 12.4 Å². The second-order valence-electron chi connectivity index (χ2n) is 5.45. The number of benzene rings is 1. The van der Waals surface area contributed by atoms with E-state index in [0.717, 1.165) is 25.1 Å². The minimum atomic E-state index is -0.168. The van der Waals surface area contributed by atoms with Gasteiger partial charge in [0.15, 0.2) is 0 Å². The summed E-state index contributed by atoms with van der Waals surface area (Å²) < 4.78 is 0. The van der Waals surface area contributed by atoms with Gasteiger partial charge in [-0.1, -0.05) is 31.9 Å². The van der Waals surface area contributed by atoms with Crippen LogP contribution in [-0.2, 0) is 11.3 Å². The minimum absolute atomic E-state index is 0. The predicted molar refractivity (Wildman–Crippen MR) is 81.7 cm³/mol. The summed E-state index contributed by atoms with van der Waals surface area (Å²) >= 11 is 0. The molecule has 0 unspecified atom stereocenters. The first-order chi connectivity index (χ1) is 8.64. The lowest BCUT2D eigenvalue weighted by Crippen LogP contribution is -2.30. The molecule has 0 saturated heterocycles. The average Bonchev–Trinajstić information content (AvgIpc) is 2.78. The summed E-state index contributed by atoms with van der Waals surface area (Å²) in [6.07, 6.45) is 4.36. The molecule has 1 saturated carbocycles. The topological polar surface area (TPSA) is 41.1 Å². The van der Waals surface area contributed by atoms with Crippen LogP contribution >= 0.6 is 12.4 Å². The molecule has 1 aliphatic carbocycles. The lowest BCUT2D eigenvalue weighted by Gasteiger charge is -2.22. The third-order valence-electron chi connectivity index (χ3n) is 3.82. The Bertz CT molecular complexity index is 428. The number of anilines is 1. The van der Waals surface area contributed by atoms with E-state index in [1.807, 2.05) is 25.2 Å². The molecule has 1 aromatic rings. The van der Waals surface area contributed by atoms with Gasteiger partial charge in [-0.05, 0) is 37.6 Å². The van der Waals surface area contributed by atoms with Crippen LogP contribution in [0.5, 0.6) is 0 Å². The van der Waals surface area contributed by atoms with Gasteiger partial charge in [-0.2, -0.15) is 0 Å². The summed E-state index contributed by atoms with van der Waals surface area (Å²) in [6.45, 7) is 2.90. The van der Waals surface area contributed by atoms with Gasteiger partial charge in [0.05, 0.1) is 0 Å². The summed E-state index contributed by atoms with van der Waals surface area (Å²) in [7, 11) is 1.92. The van der Waals surface area contributed by atoms with Crippen LogP contribution in [0.3, 0.4) is 0 Å². The van der Waals surface area contributed by atoms with Crippen molar-refractivity contribution < 1.29 is 4.79 Å². The van der Waals surface area contributed by atoms with Crippen LogP contribution in [-0.4, -0.2) is 13.0 Å². The van der Waals surface area contributed by atoms with E-state index in [9.17, 15) is 4.79 Å². The number of nitrogens with one attached hydrogen (secondary N) is 2. The number of rotatable bonds is 4. The molecular formula is C15H23ClN2O. The maximum Gasteiger partial charge on any atom is 0.230 e. The number of hydrogen-bond acceptors (Lipinski definition) is 2. The van der Waals surface area contributed by atoms with Crippen LogP contribution in [0.25, 0.3) is 0 Å². The molecule has 3 nitrogen and oxygen atoms in total. The fourth-order valence-electron chi connectivity index (χ4n) is 2.63. The predicted octanol–water partition coefficient (Wildman–Crippen LogP) is 3.35. The van der Waals surface area contributed by atoms with E-state index < -0.39 is 0 Å². The molecule has 0 aliphatic heterocycles. The maximum absolute atomic E-state index is 12.3. The standard InChI is InChI=1S/C15H22N2O.ClH/c1-15(8-3-4-9-15)14(18)17-13-7-5-6-12(10-13)11-16-2;/h5-7,10,16H,3-4,8-9,11H2,1-2H3,(H,17,18);1H. The van der Waals surface area contributed by atoms with E-state index in [0.29, 0.717) is 0 Å². The Morgan fingerprint density at radius 2 is 2.00 bits per heavy atom. The van der Waals surface area contributed by atoms with Crippen LogP contribution in [0.15, 0.2) is 24.3 Å². The summed E-state index contributed by atoms with van der Waals surface area (Å²) in [4.78, 5) is 12.3. The quantitative estimate of drug-likeness (QED) is 0.889. The Balaban J connectivity index is 0.00000180. The van der Waals surface area contributed by atoms with Gasteiger partial charge < -0.3 is 10.6 Å². The van der Waals surface area contributed by atoms with E-state index in [-0.39, 0.29) is 23.7 Å². The van der Waals surface area contributed by atoms with Crippen LogP contribution in [0, 0.1) is 5.41 Å². The molecule has 2 N–H and O–H groups in total. The number of amides is 1. The van der Waals surface area contributed by atoms with Gasteiger partial charge in [0.1, 0.15) is 0 Å². The van der Waals surface area contributed by atoms with Crippen molar-refractivity contribution in [2.75, 3.05) is 12.4 Å². The molecule has 0 aromatic heterocycles. The first kappa shape index (κ1) is 16.0. The van der Waals surface area contributed by atoms with Crippen LogP contribution in [0.4, 0.5) is 5.69 Å². The first-order valence-corrected chi connectivity index (χ1v) is 6.69. The van der Waals surface area contributed by atoms with Crippen molar-refractivity contribution in [1.29, 1.82) is 0 Å². The molecule has 1 aliphatic rings. The third-order valence-corrected chi connectivity index (χ3v) is 3.82. The minimum Gasteiger partial charge on any atom is -0.326 e. The average molecular weight is 283 g/mol. The Morgan fingerprint density at radius 1 is 1.32 bits per heavy atom. The summed E-state index contributed by atoms with van der Waals surface area (Å²) in [5.74, 6) is 0.168. The third kappa shape index (κ3) is 3.95. The van der Waals surface area contributed by atoms with Gasteiger partial charge in [-0.3, -0.25) is 4.79 Å². The molecule has 1 aromatic carbocycles. The number of carbonyl (C=O) groups excluding carboxylic acids is 1. The number of hydrogen-bond donors (Lipinski definition) is 2. The highest BCUT2D eigenvalue weighted by atomic mass is 35.5. The second kappa shape index (κ2) is 6.92. The molecule has 1 fully saturated rings. The first-order valence-electron chi connectivity index (χ1n) is 6.69. The lowest BCUT2D eigenvalue weighted by atomic mass is 9.88. The summed E-state index contributed by atoms with van der Waals surface area (Å²) in [5, 5.41) is 6.17. The monoisotopic (exact) mass is 282 g/mol. The van der Waals surface area contributed by atoms with Crippen molar-refractivity contribution >= 4 is 24.0 Å². The number of carbonyl (C=O) groups is 1. The molecule has 0 radical (unpaired) electrons. The molecule has 0 bridgehead atoms. The highest BCUT2D eigenvalue weighted by Crippen LogP contribution is 2.38. The number of halogens is 1. The van der Waals surface area contributed by atoms with Crippen molar-refractivity contribution in [2.45, 2.75) is 39.2 Å². The zero-order valence-corrected chi connectivity index (χ0v) is 12.5. The maximum atomic E-state index is 12.3. The zero-order valence-electron chi connectivity index (χ0n) is 11.7. The van der Waals surface area contributed by atoms with Gasteiger partial charge >= 0.3 is 0 Å².